The number of carbonyl (C=O) groups excluding carboxylic acids is 1. The van der Waals surface area contributed by atoms with Gasteiger partial charge in [0.15, 0.2) is 5.78 Å². The maximum Gasteiger partial charge on any atom is 0.162 e. The second-order valence-electron chi connectivity index (χ2n) is 10.7. The molecule has 3 N–H and O–H groups in total. The zero-order valence-corrected chi connectivity index (χ0v) is 16.7. The third-order valence-electron chi connectivity index (χ3n) is 9.69. The fourth-order valence-electron chi connectivity index (χ4n) is 8.44. The second-order valence-corrected chi connectivity index (χ2v) is 10.7. The third kappa shape index (κ3) is 2.15. The number of hydrogen-bond donors (Lipinski definition) is 3. The smallest absolute Gasteiger partial charge is 0.162 e. The Morgan fingerprint density at radius 1 is 1.08 bits per heavy atom. The first kappa shape index (κ1) is 18.9. The van der Waals surface area contributed by atoms with Crippen LogP contribution in [-0.4, -0.2) is 38.9 Å². The number of carbonyl (C=O) groups is 1. The molecule has 0 aromatic carbocycles. The third-order valence-corrected chi connectivity index (χ3v) is 9.69. The van der Waals surface area contributed by atoms with Gasteiger partial charge in [0.05, 0.1) is 12.2 Å². The van der Waals surface area contributed by atoms with E-state index in [1.54, 1.807) is 0 Å². The maximum atomic E-state index is 12.5. The lowest BCUT2D eigenvalue weighted by Crippen LogP contribution is -2.63. The first-order chi connectivity index (χ1) is 12.1. The summed E-state index contributed by atoms with van der Waals surface area (Å²) < 4.78 is 0. The van der Waals surface area contributed by atoms with Crippen molar-refractivity contribution in [2.24, 2.45) is 40.4 Å². The molecular formula is C22H36O4. The number of ketones is 1. The molecule has 4 rings (SSSR count). The van der Waals surface area contributed by atoms with Crippen molar-refractivity contribution in [3.63, 3.8) is 0 Å². The van der Waals surface area contributed by atoms with Crippen LogP contribution in [0.5, 0.6) is 0 Å². The molecule has 0 amide bonds. The van der Waals surface area contributed by atoms with E-state index in [2.05, 4.69) is 13.8 Å². The molecule has 148 valence electrons. The van der Waals surface area contributed by atoms with Gasteiger partial charge in [0.25, 0.3) is 0 Å². The van der Waals surface area contributed by atoms with Crippen molar-refractivity contribution >= 4 is 5.78 Å². The number of aliphatic hydroxyl groups is 3. The Morgan fingerprint density at radius 2 is 1.77 bits per heavy atom. The summed E-state index contributed by atoms with van der Waals surface area (Å²) in [6.07, 6.45) is 5.56. The summed E-state index contributed by atoms with van der Waals surface area (Å²) >= 11 is 0. The molecule has 4 aliphatic rings. The van der Waals surface area contributed by atoms with E-state index in [-0.39, 0.29) is 29.1 Å². The summed E-state index contributed by atoms with van der Waals surface area (Å²) in [5.41, 5.74) is -1.77. The van der Waals surface area contributed by atoms with Gasteiger partial charge in [-0.15, -0.1) is 0 Å². The molecule has 0 aliphatic heterocycles. The Balaban J connectivity index is 1.73. The number of rotatable bonds is 1. The van der Waals surface area contributed by atoms with Gasteiger partial charge in [-0.25, -0.2) is 0 Å². The van der Waals surface area contributed by atoms with E-state index in [1.807, 2.05) is 6.92 Å². The molecule has 0 aromatic heterocycles. The van der Waals surface area contributed by atoms with E-state index >= 15 is 0 Å². The van der Waals surface area contributed by atoms with Crippen LogP contribution in [0.15, 0.2) is 0 Å². The van der Waals surface area contributed by atoms with Crippen LogP contribution in [0.3, 0.4) is 0 Å². The van der Waals surface area contributed by atoms with Crippen molar-refractivity contribution in [3.05, 3.63) is 0 Å². The average Bonchev–Trinajstić information content (AvgIpc) is 2.76. The molecule has 4 saturated carbocycles. The number of Topliss-reactive ketones (excluding diaryl/α,β-unsaturated/α-hetero) is 1. The molecule has 0 bridgehead atoms. The molecule has 0 saturated heterocycles. The monoisotopic (exact) mass is 364 g/mol. The molecule has 4 fully saturated rings. The van der Waals surface area contributed by atoms with Crippen LogP contribution in [-0.2, 0) is 4.79 Å². The Labute approximate surface area is 157 Å². The van der Waals surface area contributed by atoms with Gasteiger partial charge < -0.3 is 15.3 Å². The van der Waals surface area contributed by atoms with Crippen molar-refractivity contribution in [1.29, 1.82) is 0 Å². The molecule has 4 nitrogen and oxygen atoms in total. The maximum absolute atomic E-state index is 12.5. The van der Waals surface area contributed by atoms with Gasteiger partial charge in [0.2, 0.25) is 0 Å². The van der Waals surface area contributed by atoms with Crippen LogP contribution in [0.2, 0.25) is 0 Å². The normalized spacial score (nSPS) is 59.3. The molecule has 0 heterocycles. The standard InChI is InChI=1S/C22H36O4/c1-12-9-17-16-6-5-14-10-15(24)7-8-20(14,3)19(16)18(25)11-21(17,4)22(12,26)13(2)23/h12,14-19,24-26H,5-11H2,1-4H3/t12-,14-,15-,16-,17-,18+,19+,20-,21-,22-/m0/s1. The van der Waals surface area contributed by atoms with Gasteiger partial charge in [-0.1, -0.05) is 20.8 Å². The van der Waals surface area contributed by atoms with E-state index in [0.717, 1.165) is 38.5 Å². The predicted molar refractivity (Wildman–Crippen MR) is 99.3 cm³/mol. The highest BCUT2D eigenvalue weighted by atomic mass is 16.3. The van der Waals surface area contributed by atoms with Gasteiger partial charge in [-0.3, -0.25) is 4.79 Å². The molecule has 0 spiro atoms. The molecule has 26 heavy (non-hydrogen) atoms. The van der Waals surface area contributed by atoms with E-state index in [9.17, 15) is 20.1 Å². The molecule has 4 heteroatoms. The van der Waals surface area contributed by atoms with Crippen molar-refractivity contribution in [2.45, 2.75) is 90.4 Å². The van der Waals surface area contributed by atoms with Gasteiger partial charge in [0.1, 0.15) is 5.60 Å². The lowest BCUT2D eigenvalue weighted by Gasteiger charge is -2.62. The van der Waals surface area contributed by atoms with Gasteiger partial charge >= 0.3 is 0 Å². The van der Waals surface area contributed by atoms with Crippen LogP contribution >= 0.6 is 0 Å². The van der Waals surface area contributed by atoms with Crippen LogP contribution in [0, 0.1) is 40.4 Å². The van der Waals surface area contributed by atoms with Crippen LogP contribution in [0.25, 0.3) is 0 Å². The highest BCUT2D eigenvalue weighted by Gasteiger charge is 2.70. The molecule has 0 radical (unpaired) electrons. The summed E-state index contributed by atoms with van der Waals surface area (Å²) in [6, 6.07) is 0. The molecule has 0 aromatic rings. The lowest BCUT2D eigenvalue weighted by molar-refractivity contribution is -0.203. The number of hydrogen-bond acceptors (Lipinski definition) is 4. The molecular weight excluding hydrogens is 328 g/mol. The van der Waals surface area contributed by atoms with Crippen molar-refractivity contribution < 1.29 is 20.1 Å². The zero-order chi connectivity index (χ0) is 19.1. The van der Waals surface area contributed by atoms with E-state index in [0.29, 0.717) is 24.2 Å². The highest BCUT2D eigenvalue weighted by molar-refractivity contribution is 5.86. The van der Waals surface area contributed by atoms with Gasteiger partial charge in [-0.05, 0) is 86.9 Å². The lowest BCUT2D eigenvalue weighted by atomic mass is 9.43. The van der Waals surface area contributed by atoms with Crippen LogP contribution in [0.4, 0.5) is 0 Å². The minimum Gasteiger partial charge on any atom is -0.393 e. The van der Waals surface area contributed by atoms with E-state index in [4.69, 9.17) is 0 Å². The largest absolute Gasteiger partial charge is 0.393 e. The summed E-state index contributed by atoms with van der Waals surface area (Å²) in [5, 5.41) is 32.9. The number of fused-ring (bicyclic) bond motifs is 5. The summed E-state index contributed by atoms with van der Waals surface area (Å²) in [4.78, 5) is 12.5. The first-order valence-corrected chi connectivity index (χ1v) is 10.6. The van der Waals surface area contributed by atoms with Gasteiger partial charge in [-0.2, -0.15) is 0 Å². The molecule has 10 atom stereocenters. The molecule has 4 aliphatic carbocycles. The fourth-order valence-corrected chi connectivity index (χ4v) is 8.44. The Morgan fingerprint density at radius 3 is 2.42 bits per heavy atom. The molecule has 0 unspecified atom stereocenters. The SMILES string of the molecule is CC(=O)[C@@]1(O)[C@@H](C)C[C@H]2[C@@H]3CC[C@H]4C[C@@H](O)CC[C@]4(C)[C@H]3[C@H](O)C[C@@]21C. The second kappa shape index (κ2) is 5.78. The minimum atomic E-state index is -1.32. The van der Waals surface area contributed by atoms with Crippen molar-refractivity contribution in [1.82, 2.24) is 0 Å². The van der Waals surface area contributed by atoms with Crippen molar-refractivity contribution in [3.8, 4) is 0 Å². The van der Waals surface area contributed by atoms with Crippen molar-refractivity contribution in [2.75, 3.05) is 0 Å². The number of aliphatic hydroxyl groups excluding tert-OH is 2. The Bertz CT molecular complexity index is 605. The Hall–Kier alpha value is -0.450. The van der Waals surface area contributed by atoms with Crippen LogP contribution in [0.1, 0.15) is 72.6 Å². The first-order valence-electron chi connectivity index (χ1n) is 10.6. The average molecular weight is 365 g/mol. The highest BCUT2D eigenvalue weighted by Crippen LogP contribution is 2.69. The zero-order valence-electron chi connectivity index (χ0n) is 16.7. The quantitative estimate of drug-likeness (QED) is 0.668. The van der Waals surface area contributed by atoms with Gasteiger partial charge in [0, 0.05) is 5.41 Å². The van der Waals surface area contributed by atoms with E-state index < -0.39 is 17.1 Å². The minimum absolute atomic E-state index is 0.0559. The summed E-state index contributed by atoms with van der Waals surface area (Å²) in [7, 11) is 0. The van der Waals surface area contributed by atoms with E-state index in [1.165, 1.54) is 6.92 Å². The van der Waals surface area contributed by atoms with Crippen LogP contribution < -0.4 is 0 Å². The predicted octanol–water partition coefficient (Wildman–Crippen LogP) is 2.93. The Kier molecular flexibility index (Phi) is 4.20. The fraction of sp³-hybridized carbons (Fsp3) is 0.955. The topological polar surface area (TPSA) is 77.8 Å². The summed E-state index contributed by atoms with van der Waals surface area (Å²) in [6.45, 7) is 7.92. The summed E-state index contributed by atoms with van der Waals surface area (Å²) in [5.74, 6) is 1.19.